The topological polar surface area (TPSA) is 33.2 Å². The standard InChI is InChI=1S/C13H18N2O/c1-11(16)15-7-3-5-13(10-15)8-12-4-2-6-14-9-12/h2,4,6,9,13H,3,5,7-8,10H2,1H3/t13-/m0/s1. The lowest BCUT2D eigenvalue weighted by Crippen LogP contribution is -2.39. The van der Waals surface area contributed by atoms with Crippen LogP contribution in [0.1, 0.15) is 25.3 Å². The van der Waals surface area contributed by atoms with E-state index in [0.717, 1.165) is 25.9 Å². The normalized spacial score (nSPS) is 20.8. The van der Waals surface area contributed by atoms with Gasteiger partial charge in [0.1, 0.15) is 0 Å². The Balaban J connectivity index is 1.93. The quantitative estimate of drug-likeness (QED) is 0.759. The summed E-state index contributed by atoms with van der Waals surface area (Å²) in [6, 6.07) is 4.08. The SMILES string of the molecule is CC(=O)N1CCC[C@@H](Cc2cccnc2)C1. The molecule has 0 aliphatic carbocycles. The molecule has 1 saturated heterocycles. The van der Waals surface area contributed by atoms with Gasteiger partial charge in [-0.3, -0.25) is 9.78 Å². The van der Waals surface area contributed by atoms with Crippen molar-refractivity contribution in [3.8, 4) is 0 Å². The van der Waals surface area contributed by atoms with E-state index in [2.05, 4.69) is 11.1 Å². The third-order valence-electron chi connectivity index (χ3n) is 3.21. The van der Waals surface area contributed by atoms with Gasteiger partial charge in [-0.05, 0) is 36.8 Å². The Morgan fingerprint density at radius 1 is 1.62 bits per heavy atom. The molecule has 0 aromatic carbocycles. The van der Waals surface area contributed by atoms with Crippen LogP contribution in [0.15, 0.2) is 24.5 Å². The van der Waals surface area contributed by atoms with Crippen molar-refractivity contribution in [1.29, 1.82) is 0 Å². The lowest BCUT2D eigenvalue weighted by atomic mass is 9.92. The number of pyridine rings is 1. The zero-order valence-electron chi connectivity index (χ0n) is 9.72. The van der Waals surface area contributed by atoms with E-state index in [-0.39, 0.29) is 5.91 Å². The monoisotopic (exact) mass is 218 g/mol. The van der Waals surface area contributed by atoms with E-state index in [9.17, 15) is 4.79 Å². The van der Waals surface area contributed by atoms with E-state index in [1.54, 1.807) is 13.1 Å². The molecule has 1 atom stereocenters. The van der Waals surface area contributed by atoms with Crippen LogP contribution in [0.2, 0.25) is 0 Å². The fraction of sp³-hybridized carbons (Fsp3) is 0.538. The molecule has 86 valence electrons. The Kier molecular flexibility index (Phi) is 3.54. The number of carbonyl (C=O) groups is 1. The van der Waals surface area contributed by atoms with Crippen molar-refractivity contribution in [1.82, 2.24) is 9.88 Å². The predicted octanol–water partition coefficient (Wildman–Crippen LogP) is 1.88. The van der Waals surface area contributed by atoms with Crippen LogP contribution in [0, 0.1) is 5.92 Å². The van der Waals surface area contributed by atoms with Gasteiger partial charge in [0.15, 0.2) is 0 Å². The van der Waals surface area contributed by atoms with Gasteiger partial charge in [-0.2, -0.15) is 0 Å². The number of carbonyl (C=O) groups excluding carboxylic acids is 1. The third-order valence-corrected chi connectivity index (χ3v) is 3.21. The van der Waals surface area contributed by atoms with Crippen LogP contribution >= 0.6 is 0 Å². The molecule has 1 aromatic heterocycles. The Hall–Kier alpha value is -1.38. The van der Waals surface area contributed by atoms with Crippen molar-refractivity contribution < 1.29 is 4.79 Å². The van der Waals surface area contributed by atoms with Gasteiger partial charge < -0.3 is 4.90 Å². The molecule has 1 aromatic rings. The van der Waals surface area contributed by atoms with Gasteiger partial charge in [0.05, 0.1) is 0 Å². The van der Waals surface area contributed by atoms with Gasteiger partial charge in [0, 0.05) is 32.4 Å². The smallest absolute Gasteiger partial charge is 0.219 e. The highest BCUT2D eigenvalue weighted by Crippen LogP contribution is 2.20. The highest BCUT2D eigenvalue weighted by Gasteiger charge is 2.21. The van der Waals surface area contributed by atoms with Gasteiger partial charge in [-0.1, -0.05) is 6.07 Å². The lowest BCUT2D eigenvalue weighted by Gasteiger charge is -2.32. The van der Waals surface area contributed by atoms with Crippen LogP contribution in [0.4, 0.5) is 0 Å². The van der Waals surface area contributed by atoms with E-state index >= 15 is 0 Å². The first-order valence-electron chi connectivity index (χ1n) is 5.90. The highest BCUT2D eigenvalue weighted by atomic mass is 16.2. The molecule has 16 heavy (non-hydrogen) atoms. The number of piperidine rings is 1. The Morgan fingerprint density at radius 3 is 3.19 bits per heavy atom. The van der Waals surface area contributed by atoms with E-state index in [1.165, 1.54) is 12.0 Å². The summed E-state index contributed by atoms with van der Waals surface area (Å²) in [6.45, 7) is 3.50. The molecule has 2 rings (SSSR count). The minimum absolute atomic E-state index is 0.205. The van der Waals surface area contributed by atoms with E-state index in [1.807, 2.05) is 17.2 Å². The van der Waals surface area contributed by atoms with E-state index < -0.39 is 0 Å². The number of likely N-dealkylation sites (tertiary alicyclic amines) is 1. The van der Waals surface area contributed by atoms with Gasteiger partial charge in [-0.15, -0.1) is 0 Å². The molecule has 1 fully saturated rings. The summed E-state index contributed by atoms with van der Waals surface area (Å²) in [6.07, 6.45) is 7.11. The maximum atomic E-state index is 11.3. The fourth-order valence-corrected chi connectivity index (χ4v) is 2.37. The summed E-state index contributed by atoms with van der Waals surface area (Å²) in [7, 11) is 0. The number of amides is 1. The molecule has 1 aliphatic rings. The van der Waals surface area contributed by atoms with Crippen molar-refractivity contribution in [3.63, 3.8) is 0 Å². The molecule has 0 unspecified atom stereocenters. The molecule has 3 nitrogen and oxygen atoms in total. The van der Waals surface area contributed by atoms with Crippen molar-refractivity contribution in [2.45, 2.75) is 26.2 Å². The molecule has 0 bridgehead atoms. The summed E-state index contributed by atoms with van der Waals surface area (Å²) in [4.78, 5) is 17.4. The maximum Gasteiger partial charge on any atom is 0.219 e. The van der Waals surface area contributed by atoms with Crippen molar-refractivity contribution in [2.75, 3.05) is 13.1 Å². The summed E-state index contributed by atoms with van der Waals surface area (Å²) >= 11 is 0. The first kappa shape index (κ1) is 11.1. The van der Waals surface area contributed by atoms with Gasteiger partial charge in [0.25, 0.3) is 0 Å². The number of hydrogen-bond donors (Lipinski definition) is 0. The Morgan fingerprint density at radius 2 is 2.50 bits per heavy atom. The second-order valence-corrected chi connectivity index (χ2v) is 4.54. The fourth-order valence-electron chi connectivity index (χ4n) is 2.37. The maximum absolute atomic E-state index is 11.3. The summed E-state index contributed by atoms with van der Waals surface area (Å²) in [5.74, 6) is 0.803. The zero-order chi connectivity index (χ0) is 11.4. The van der Waals surface area contributed by atoms with Crippen molar-refractivity contribution in [2.24, 2.45) is 5.92 Å². The van der Waals surface area contributed by atoms with Crippen LogP contribution in [-0.2, 0) is 11.2 Å². The van der Waals surface area contributed by atoms with E-state index in [0.29, 0.717) is 5.92 Å². The van der Waals surface area contributed by atoms with Crippen LogP contribution in [0.25, 0.3) is 0 Å². The first-order chi connectivity index (χ1) is 7.75. The van der Waals surface area contributed by atoms with E-state index in [4.69, 9.17) is 0 Å². The molecule has 1 amide bonds. The number of nitrogens with zero attached hydrogens (tertiary/aromatic N) is 2. The largest absolute Gasteiger partial charge is 0.343 e. The average Bonchev–Trinajstić information content (AvgIpc) is 2.30. The minimum atomic E-state index is 0.205. The molecule has 0 spiro atoms. The van der Waals surface area contributed by atoms with Crippen LogP contribution in [-0.4, -0.2) is 28.9 Å². The minimum Gasteiger partial charge on any atom is -0.343 e. The number of hydrogen-bond acceptors (Lipinski definition) is 2. The van der Waals surface area contributed by atoms with Crippen molar-refractivity contribution in [3.05, 3.63) is 30.1 Å². The van der Waals surface area contributed by atoms with Crippen LogP contribution in [0.3, 0.4) is 0 Å². The molecule has 1 aliphatic heterocycles. The second-order valence-electron chi connectivity index (χ2n) is 4.54. The highest BCUT2D eigenvalue weighted by molar-refractivity contribution is 5.73. The Labute approximate surface area is 96.5 Å². The summed E-state index contributed by atoms with van der Waals surface area (Å²) in [5, 5.41) is 0. The molecule has 0 saturated carbocycles. The first-order valence-corrected chi connectivity index (χ1v) is 5.90. The molecule has 0 N–H and O–H groups in total. The average molecular weight is 218 g/mol. The second kappa shape index (κ2) is 5.10. The molecular formula is C13H18N2O. The Bertz CT molecular complexity index is 350. The van der Waals surface area contributed by atoms with Crippen LogP contribution < -0.4 is 0 Å². The zero-order valence-corrected chi connectivity index (χ0v) is 9.72. The third kappa shape index (κ3) is 2.81. The van der Waals surface area contributed by atoms with Gasteiger partial charge >= 0.3 is 0 Å². The molecule has 2 heterocycles. The molecular weight excluding hydrogens is 200 g/mol. The lowest BCUT2D eigenvalue weighted by molar-refractivity contribution is -0.130. The summed E-state index contributed by atoms with van der Waals surface area (Å²) in [5.41, 5.74) is 1.28. The molecule has 3 heteroatoms. The molecule has 0 radical (unpaired) electrons. The summed E-state index contributed by atoms with van der Waals surface area (Å²) < 4.78 is 0. The predicted molar refractivity (Wildman–Crippen MR) is 62.9 cm³/mol. The number of aromatic nitrogens is 1. The number of rotatable bonds is 2. The van der Waals surface area contributed by atoms with Gasteiger partial charge in [0.2, 0.25) is 5.91 Å². The van der Waals surface area contributed by atoms with Gasteiger partial charge in [-0.25, -0.2) is 0 Å². The van der Waals surface area contributed by atoms with Crippen LogP contribution in [0.5, 0.6) is 0 Å². The van der Waals surface area contributed by atoms with Crippen molar-refractivity contribution >= 4 is 5.91 Å².